The highest BCUT2D eigenvalue weighted by Crippen LogP contribution is 2.36. The maximum absolute atomic E-state index is 13.3. The number of allylic oxidation sites excluding steroid dienone is 8. The van der Waals surface area contributed by atoms with Gasteiger partial charge in [0.1, 0.15) is 0 Å². The maximum Gasteiger partial charge on any atom is 0.253 e. The molecule has 2 aromatic carbocycles. The second kappa shape index (κ2) is 13.0. The lowest BCUT2D eigenvalue weighted by Gasteiger charge is -2.39. The van der Waals surface area contributed by atoms with E-state index < -0.39 is 5.60 Å². The van der Waals surface area contributed by atoms with Crippen LogP contribution in [0.4, 0.5) is 17.3 Å². The Hall–Kier alpha value is -4.66. The van der Waals surface area contributed by atoms with Gasteiger partial charge in [-0.25, -0.2) is 4.52 Å². The number of rotatable bonds is 6. The number of halogens is 1. The number of fused-ring (bicyclic) bond motifs is 1. The van der Waals surface area contributed by atoms with Crippen LogP contribution >= 0.6 is 11.6 Å². The van der Waals surface area contributed by atoms with E-state index in [1.54, 1.807) is 4.52 Å². The van der Waals surface area contributed by atoms with E-state index in [4.69, 9.17) is 16.6 Å². The molecule has 9 heteroatoms. The second-order valence-corrected chi connectivity index (χ2v) is 12.6. The Morgan fingerprint density at radius 2 is 1.61 bits per heavy atom. The molecule has 0 spiro atoms. The molecule has 2 fully saturated rings. The topological polar surface area (TPSA) is 86.0 Å². The Bertz CT molecular complexity index is 1820. The minimum atomic E-state index is -0.879. The molecule has 1 aliphatic carbocycles. The van der Waals surface area contributed by atoms with Gasteiger partial charge in [0.2, 0.25) is 5.95 Å². The number of nitrogens with one attached hydrogen (secondary N) is 1. The van der Waals surface area contributed by atoms with Crippen LogP contribution in [0.5, 0.6) is 0 Å². The summed E-state index contributed by atoms with van der Waals surface area (Å²) in [7, 11) is 0. The van der Waals surface area contributed by atoms with Crippen molar-refractivity contribution in [3.8, 4) is 0 Å². The number of hydrogen-bond acceptors (Lipinski definition) is 6. The van der Waals surface area contributed by atoms with Crippen molar-refractivity contribution in [2.24, 2.45) is 5.92 Å². The van der Waals surface area contributed by atoms with Crippen molar-refractivity contribution in [1.29, 1.82) is 0 Å². The highest BCUT2D eigenvalue weighted by atomic mass is 35.5. The van der Waals surface area contributed by atoms with Crippen molar-refractivity contribution >= 4 is 40.5 Å². The summed E-state index contributed by atoms with van der Waals surface area (Å²) in [6.45, 7) is 2.87. The lowest BCUT2D eigenvalue weighted by molar-refractivity contribution is 0.0118. The van der Waals surface area contributed by atoms with E-state index in [1.807, 2.05) is 90.0 Å². The molecular weight excluding hydrogens is 596 g/mol. The van der Waals surface area contributed by atoms with Crippen LogP contribution in [0.3, 0.4) is 0 Å². The molecule has 0 unspecified atom stereocenters. The maximum atomic E-state index is 13.3. The van der Waals surface area contributed by atoms with Crippen molar-refractivity contribution in [2.75, 3.05) is 36.4 Å². The first-order valence-electron chi connectivity index (χ1n) is 15.9. The van der Waals surface area contributed by atoms with Crippen molar-refractivity contribution < 1.29 is 9.90 Å². The van der Waals surface area contributed by atoms with Crippen LogP contribution < -0.4 is 10.2 Å². The molecule has 234 valence electrons. The van der Waals surface area contributed by atoms with Crippen molar-refractivity contribution in [3.05, 3.63) is 131 Å². The summed E-state index contributed by atoms with van der Waals surface area (Å²) < 4.78 is 1.77. The van der Waals surface area contributed by atoms with Crippen LogP contribution in [0.15, 0.2) is 115 Å². The molecule has 2 aliphatic heterocycles. The van der Waals surface area contributed by atoms with E-state index in [-0.39, 0.29) is 5.91 Å². The molecule has 2 aromatic heterocycles. The monoisotopic (exact) mass is 632 g/mol. The minimum absolute atomic E-state index is 0.0648. The Kier molecular flexibility index (Phi) is 8.47. The molecule has 0 radical (unpaired) electrons. The van der Waals surface area contributed by atoms with Gasteiger partial charge in [-0.15, -0.1) is 5.10 Å². The van der Waals surface area contributed by atoms with Gasteiger partial charge in [0.25, 0.3) is 5.91 Å². The van der Waals surface area contributed by atoms with Gasteiger partial charge in [-0.3, -0.25) is 4.79 Å². The predicted octanol–water partition coefficient (Wildman–Crippen LogP) is 7.08. The van der Waals surface area contributed by atoms with Crippen LogP contribution in [0.2, 0.25) is 5.02 Å². The minimum Gasteiger partial charge on any atom is -0.385 e. The summed E-state index contributed by atoms with van der Waals surface area (Å²) >= 11 is 6.06. The normalized spacial score (nSPS) is 19.7. The fraction of sp³-hybridized carbons (Fsp3) is 0.270. The van der Waals surface area contributed by atoms with Crippen molar-refractivity contribution in [2.45, 2.75) is 31.3 Å². The zero-order chi connectivity index (χ0) is 31.5. The molecular formula is C37H37ClN6O2. The van der Waals surface area contributed by atoms with E-state index in [1.165, 1.54) is 5.57 Å². The van der Waals surface area contributed by atoms with Crippen LogP contribution in [-0.4, -0.2) is 56.7 Å². The van der Waals surface area contributed by atoms with Gasteiger partial charge < -0.3 is 20.2 Å². The summed E-state index contributed by atoms with van der Waals surface area (Å²) in [5, 5.41) is 20.0. The number of hydrogen-bond donors (Lipinski definition) is 2. The first kappa shape index (κ1) is 30.0. The highest BCUT2D eigenvalue weighted by molar-refractivity contribution is 6.30. The molecule has 0 bridgehead atoms. The number of amides is 1. The number of aromatic nitrogens is 3. The Labute approximate surface area is 274 Å². The average Bonchev–Trinajstić information content (AvgIpc) is 3.48. The molecule has 4 aromatic rings. The molecule has 46 heavy (non-hydrogen) atoms. The molecule has 2 N–H and O–H groups in total. The largest absolute Gasteiger partial charge is 0.385 e. The van der Waals surface area contributed by atoms with Crippen LogP contribution in [0.25, 0.3) is 5.65 Å². The summed E-state index contributed by atoms with van der Waals surface area (Å²) in [6, 6.07) is 19.0. The number of piperidine rings is 2. The second-order valence-electron chi connectivity index (χ2n) is 12.2. The fourth-order valence-corrected chi connectivity index (χ4v) is 6.76. The van der Waals surface area contributed by atoms with E-state index >= 15 is 0 Å². The lowest BCUT2D eigenvalue weighted by Crippen LogP contribution is -2.42. The van der Waals surface area contributed by atoms with Gasteiger partial charge in [-0.05, 0) is 91.3 Å². The van der Waals surface area contributed by atoms with Crippen molar-refractivity contribution in [3.63, 3.8) is 0 Å². The van der Waals surface area contributed by atoms with Crippen LogP contribution in [-0.2, 0) is 5.60 Å². The number of pyridine rings is 1. The highest BCUT2D eigenvalue weighted by Gasteiger charge is 2.34. The lowest BCUT2D eigenvalue weighted by atomic mass is 9.84. The van der Waals surface area contributed by atoms with Gasteiger partial charge in [0.15, 0.2) is 5.65 Å². The Morgan fingerprint density at radius 1 is 0.891 bits per heavy atom. The van der Waals surface area contributed by atoms with Crippen molar-refractivity contribution in [1.82, 2.24) is 19.5 Å². The number of aliphatic hydroxyl groups is 1. The molecule has 7 rings (SSSR count). The molecule has 1 amide bonds. The first-order valence-corrected chi connectivity index (χ1v) is 16.3. The number of anilines is 3. The number of likely N-dealkylation sites (tertiary alicyclic amines) is 1. The number of benzene rings is 2. The Balaban J connectivity index is 0.975. The standard InChI is InChI=1S/C37H37ClN6O2/c38-31-14-12-30(13-15-31)37(46)20-25-42(26-21-37)33-9-6-22-44-34(33)40-36(41-44)39-32-16-10-29(11-17-32)35(45)43-23-18-28(19-24-43)27-7-4-2-1-3-5-8-27/h1-17,22,28,46H,18-21,23-26H2,(H,39,41)/b2-1-,3-1?,4-2?,5-3+,7-4?,8-5?,27-7?,27-8?. The number of nitrogens with zero attached hydrogens (tertiary/aromatic N) is 5. The fourth-order valence-electron chi connectivity index (χ4n) is 6.64. The zero-order valence-corrected chi connectivity index (χ0v) is 26.4. The third-order valence-electron chi connectivity index (χ3n) is 9.32. The third-order valence-corrected chi connectivity index (χ3v) is 9.57. The third kappa shape index (κ3) is 6.36. The van der Waals surface area contributed by atoms with Crippen LogP contribution in [0.1, 0.15) is 41.6 Å². The van der Waals surface area contributed by atoms with E-state index in [9.17, 15) is 9.90 Å². The van der Waals surface area contributed by atoms with E-state index in [0.717, 1.165) is 48.5 Å². The van der Waals surface area contributed by atoms with Crippen LogP contribution in [0, 0.1) is 5.92 Å². The molecule has 8 nitrogen and oxygen atoms in total. The van der Waals surface area contributed by atoms with Gasteiger partial charge in [-0.1, -0.05) is 66.3 Å². The number of carbonyl (C=O) groups excluding carboxylic acids is 1. The molecule has 2 saturated heterocycles. The van der Waals surface area contributed by atoms with Gasteiger partial charge in [-0.2, -0.15) is 4.98 Å². The molecule has 3 aliphatic rings. The molecule has 0 atom stereocenters. The van der Waals surface area contributed by atoms with Gasteiger partial charge in [0.05, 0.1) is 11.3 Å². The van der Waals surface area contributed by atoms with E-state index in [0.29, 0.717) is 48.4 Å². The average molecular weight is 633 g/mol. The number of carbonyl (C=O) groups is 1. The molecule has 4 heterocycles. The van der Waals surface area contributed by atoms with Gasteiger partial charge in [0, 0.05) is 48.6 Å². The summed E-state index contributed by atoms with van der Waals surface area (Å²) in [5.74, 6) is 1.01. The Morgan fingerprint density at radius 3 is 2.37 bits per heavy atom. The quantitative estimate of drug-likeness (QED) is 0.236. The van der Waals surface area contributed by atoms with Gasteiger partial charge >= 0.3 is 0 Å². The summed E-state index contributed by atoms with van der Waals surface area (Å²) in [5.41, 5.74) is 4.55. The predicted molar refractivity (Wildman–Crippen MR) is 184 cm³/mol. The zero-order valence-electron chi connectivity index (χ0n) is 25.6. The SMILES string of the molecule is O=C(c1ccc(Nc2nc3c(N4CCC(O)(c5ccc(Cl)cc5)CC4)cccn3n2)cc1)N1CCC(C2=C/C=C/C=C\C=C2)CC1. The summed E-state index contributed by atoms with van der Waals surface area (Å²) in [4.78, 5) is 22.3. The first-order chi connectivity index (χ1) is 22.4. The smallest absolute Gasteiger partial charge is 0.253 e. The molecule has 0 saturated carbocycles. The van der Waals surface area contributed by atoms with E-state index in [2.05, 4.69) is 39.6 Å². The summed E-state index contributed by atoms with van der Waals surface area (Å²) in [6.07, 6.45) is 19.7.